The maximum atomic E-state index is 13.6. The fraction of sp³-hybridized carbons (Fsp3) is 0.278. The van der Waals surface area contributed by atoms with Gasteiger partial charge in [0.25, 0.3) is 0 Å². The largest absolute Gasteiger partial charge is 0.325 e. The van der Waals surface area contributed by atoms with Crippen LogP contribution in [0.2, 0.25) is 0 Å². The first-order valence-electron chi connectivity index (χ1n) is 7.68. The number of hydrogen-bond donors (Lipinski definition) is 1. The fourth-order valence-electron chi connectivity index (χ4n) is 2.19. The molecule has 0 aliphatic heterocycles. The summed E-state index contributed by atoms with van der Waals surface area (Å²) in [6.45, 7) is 3.33. The van der Waals surface area contributed by atoms with E-state index in [2.05, 4.69) is 5.32 Å². The lowest BCUT2D eigenvalue weighted by Crippen LogP contribution is -2.33. The molecule has 0 aliphatic carbocycles. The van der Waals surface area contributed by atoms with Gasteiger partial charge in [0.15, 0.2) is 9.84 Å². The van der Waals surface area contributed by atoms with Gasteiger partial charge in [-0.1, -0.05) is 37.3 Å². The lowest BCUT2D eigenvalue weighted by atomic mass is 10.1. The van der Waals surface area contributed by atoms with Gasteiger partial charge in [0.2, 0.25) is 5.91 Å². The smallest absolute Gasteiger partial charge is 0.242 e. The van der Waals surface area contributed by atoms with Crippen molar-refractivity contribution >= 4 is 21.4 Å². The predicted molar refractivity (Wildman–Crippen MR) is 92.9 cm³/mol. The molecule has 4 nitrogen and oxygen atoms in total. The van der Waals surface area contributed by atoms with Crippen LogP contribution in [0.1, 0.15) is 25.0 Å². The van der Waals surface area contributed by atoms with Gasteiger partial charge in [-0.15, -0.1) is 0 Å². The number of hydrogen-bond acceptors (Lipinski definition) is 3. The molecule has 1 unspecified atom stereocenters. The van der Waals surface area contributed by atoms with Gasteiger partial charge in [0.05, 0.1) is 5.75 Å². The van der Waals surface area contributed by atoms with Crippen LogP contribution in [0.3, 0.4) is 0 Å². The molecule has 6 heteroatoms. The minimum atomic E-state index is -3.82. The van der Waals surface area contributed by atoms with Crippen LogP contribution in [0.15, 0.2) is 48.5 Å². The highest BCUT2D eigenvalue weighted by Gasteiger charge is 2.29. The topological polar surface area (TPSA) is 63.2 Å². The van der Waals surface area contributed by atoms with Gasteiger partial charge in [-0.3, -0.25) is 4.79 Å². The Bertz CT molecular complexity index is 816. The van der Waals surface area contributed by atoms with Gasteiger partial charge in [-0.05, 0) is 37.1 Å². The van der Waals surface area contributed by atoms with Crippen molar-refractivity contribution in [2.75, 3.05) is 5.32 Å². The van der Waals surface area contributed by atoms with Crippen molar-refractivity contribution in [1.82, 2.24) is 0 Å². The fourth-order valence-corrected chi connectivity index (χ4v) is 3.49. The molecule has 0 spiro atoms. The standard InChI is InChI=1S/C18H20FNO3S/c1-3-14-8-10-16(11-9-14)20-18(21)13(2)24(22,23)12-15-6-4-5-7-17(15)19/h4-11,13H,3,12H2,1-2H3,(H,20,21). The second-order valence-electron chi connectivity index (χ2n) is 5.58. The molecule has 1 amide bonds. The highest BCUT2D eigenvalue weighted by molar-refractivity contribution is 7.92. The summed E-state index contributed by atoms with van der Waals surface area (Å²) in [6, 6.07) is 12.9. The zero-order valence-electron chi connectivity index (χ0n) is 13.6. The molecule has 0 aromatic heterocycles. The molecule has 0 fully saturated rings. The number of halogens is 1. The van der Waals surface area contributed by atoms with Crippen LogP contribution in [0.4, 0.5) is 10.1 Å². The molecule has 0 aliphatic rings. The van der Waals surface area contributed by atoms with Gasteiger partial charge in [0.1, 0.15) is 11.1 Å². The third-order valence-corrected chi connectivity index (χ3v) is 5.86. The number of carbonyl (C=O) groups is 1. The van der Waals surface area contributed by atoms with Gasteiger partial charge < -0.3 is 5.32 Å². The van der Waals surface area contributed by atoms with Crippen LogP contribution in [-0.2, 0) is 26.8 Å². The van der Waals surface area contributed by atoms with Crippen molar-refractivity contribution < 1.29 is 17.6 Å². The van der Waals surface area contributed by atoms with Crippen molar-refractivity contribution in [2.24, 2.45) is 0 Å². The lowest BCUT2D eigenvalue weighted by molar-refractivity contribution is -0.115. The molecule has 0 saturated heterocycles. The second-order valence-corrected chi connectivity index (χ2v) is 7.90. The molecule has 2 rings (SSSR count). The first-order valence-corrected chi connectivity index (χ1v) is 9.40. The van der Waals surface area contributed by atoms with Crippen molar-refractivity contribution in [2.45, 2.75) is 31.3 Å². The summed E-state index contributed by atoms with van der Waals surface area (Å²) in [5.74, 6) is -1.73. The number of amides is 1. The Kier molecular flexibility index (Phi) is 5.72. The average molecular weight is 349 g/mol. The van der Waals surface area contributed by atoms with Crippen molar-refractivity contribution in [3.05, 3.63) is 65.5 Å². The van der Waals surface area contributed by atoms with E-state index < -0.39 is 32.6 Å². The summed E-state index contributed by atoms with van der Waals surface area (Å²) in [5.41, 5.74) is 1.71. The van der Waals surface area contributed by atoms with Crippen LogP contribution in [-0.4, -0.2) is 19.6 Å². The number of sulfone groups is 1. The van der Waals surface area contributed by atoms with Gasteiger partial charge >= 0.3 is 0 Å². The number of nitrogens with one attached hydrogen (secondary N) is 1. The van der Waals surface area contributed by atoms with Crippen molar-refractivity contribution in [3.8, 4) is 0 Å². The molecule has 128 valence electrons. The van der Waals surface area contributed by atoms with Gasteiger partial charge in [-0.2, -0.15) is 0 Å². The number of carbonyl (C=O) groups excluding carboxylic acids is 1. The molecule has 24 heavy (non-hydrogen) atoms. The summed E-state index contributed by atoms with van der Waals surface area (Å²) in [6.07, 6.45) is 0.877. The van der Waals surface area contributed by atoms with Crippen LogP contribution in [0, 0.1) is 5.82 Å². The normalized spacial score (nSPS) is 12.6. The SMILES string of the molecule is CCc1ccc(NC(=O)C(C)S(=O)(=O)Cc2ccccc2F)cc1. The average Bonchev–Trinajstić information content (AvgIpc) is 2.56. The first-order chi connectivity index (χ1) is 11.3. The van der Waals surface area contributed by atoms with E-state index in [1.165, 1.54) is 25.1 Å². The lowest BCUT2D eigenvalue weighted by Gasteiger charge is -2.14. The van der Waals surface area contributed by atoms with E-state index in [4.69, 9.17) is 0 Å². The zero-order chi connectivity index (χ0) is 17.7. The minimum Gasteiger partial charge on any atom is -0.325 e. The van der Waals surface area contributed by atoms with Crippen LogP contribution < -0.4 is 5.32 Å². The Labute approximate surface area is 141 Å². The van der Waals surface area contributed by atoms with E-state index in [0.717, 1.165) is 12.0 Å². The van der Waals surface area contributed by atoms with Gasteiger partial charge in [-0.25, -0.2) is 12.8 Å². The maximum absolute atomic E-state index is 13.6. The molecule has 0 saturated carbocycles. The third-order valence-electron chi connectivity index (χ3n) is 3.85. The monoisotopic (exact) mass is 349 g/mol. The molecule has 2 aromatic rings. The number of benzene rings is 2. The van der Waals surface area contributed by atoms with E-state index >= 15 is 0 Å². The van der Waals surface area contributed by atoms with E-state index in [9.17, 15) is 17.6 Å². The van der Waals surface area contributed by atoms with E-state index in [0.29, 0.717) is 5.69 Å². The number of rotatable bonds is 6. The van der Waals surface area contributed by atoms with E-state index in [1.807, 2.05) is 19.1 Å². The van der Waals surface area contributed by atoms with Gasteiger partial charge in [0, 0.05) is 11.3 Å². The Morgan fingerprint density at radius 3 is 2.33 bits per heavy atom. The Morgan fingerprint density at radius 1 is 1.12 bits per heavy atom. The molecule has 1 atom stereocenters. The molecule has 1 N–H and O–H groups in total. The summed E-state index contributed by atoms with van der Waals surface area (Å²) in [7, 11) is -3.82. The summed E-state index contributed by atoms with van der Waals surface area (Å²) in [4.78, 5) is 12.2. The summed E-state index contributed by atoms with van der Waals surface area (Å²) >= 11 is 0. The molecule has 0 bridgehead atoms. The highest BCUT2D eigenvalue weighted by Crippen LogP contribution is 2.17. The first kappa shape index (κ1) is 18.1. The minimum absolute atomic E-state index is 0.0597. The number of anilines is 1. The van der Waals surface area contributed by atoms with E-state index in [-0.39, 0.29) is 5.56 Å². The third kappa shape index (κ3) is 4.41. The molecular formula is C18H20FNO3S. The highest BCUT2D eigenvalue weighted by atomic mass is 32.2. The summed E-state index contributed by atoms with van der Waals surface area (Å²) < 4.78 is 38.4. The molecule has 0 heterocycles. The Balaban J connectivity index is 2.09. The predicted octanol–water partition coefficient (Wildman–Crippen LogP) is 3.33. The zero-order valence-corrected chi connectivity index (χ0v) is 14.4. The van der Waals surface area contributed by atoms with Crippen LogP contribution in [0.25, 0.3) is 0 Å². The second kappa shape index (κ2) is 7.57. The van der Waals surface area contributed by atoms with Crippen LogP contribution >= 0.6 is 0 Å². The van der Waals surface area contributed by atoms with E-state index in [1.54, 1.807) is 18.2 Å². The van der Waals surface area contributed by atoms with Crippen LogP contribution in [0.5, 0.6) is 0 Å². The molecule has 0 radical (unpaired) electrons. The van der Waals surface area contributed by atoms with Crippen molar-refractivity contribution in [1.29, 1.82) is 0 Å². The van der Waals surface area contributed by atoms with Crippen molar-refractivity contribution in [3.63, 3.8) is 0 Å². The molecule has 2 aromatic carbocycles. The Hall–Kier alpha value is -2.21. The number of aryl methyl sites for hydroxylation is 1. The maximum Gasteiger partial charge on any atom is 0.242 e. The summed E-state index contributed by atoms with van der Waals surface area (Å²) in [5, 5.41) is 1.31. The Morgan fingerprint density at radius 2 is 1.75 bits per heavy atom. The molecular weight excluding hydrogens is 329 g/mol. The quantitative estimate of drug-likeness (QED) is 0.870.